The van der Waals surface area contributed by atoms with Crippen LogP contribution in [0.1, 0.15) is 47.2 Å². The number of nitrogens with one attached hydrogen (secondary N) is 2. The van der Waals surface area contributed by atoms with Gasteiger partial charge in [-0.15, -0.1) is 0 Å². The summed E-state index contributed by atoms with van der Waals surface area (Å²) >= 11 is 0. The number of aryl methyl sites for hydroxylation is 1. The summed E-state index contributed by atoms with van der Waals surface area (Å²) in [6.45, 7) is 1.55. The third-order valence-corrected chi connectivity index (χ3v) is 9.30. The van der Waals surface area contributed by atoms with E-state index in [0.29, 0.717) is 28.7 Å². The number of anilines is 1. The highest BCUT2D eigenvalue weighted by Crippen LogP contribution is 2.36. The van der Waals surface area contributed by atoms with Gasteiger partial charge in [-0.2, -0.15) is 0 Å². The topological polar surface area (TPSA) is 98.7 Å². The van der Waals surface area contributed by atoms with Gasteiger partial charge in [0, 0.05) is 53.8 Å². The van der Waals surface area contributed by atoms with Gasteiger partial charge in [0.2, 0.25) is 0 Å². The molecule has 2 amide bonds. The van der Waals surface area contributed by atoms with Crippen molar-refractivity contribution < 1.29 is 23.6 Å². The monoisotopic (exact) mass is 559 g/mol. The maximum absolute atomic E-state index is 13.2. The van der Waals surface area contributed by atoms with E-state index in [0.717, 1.165) is 47.7 Å². The minimum atomic E-state index is -3.09. The number of ether oxygens (including phenoxy) is 2. The highest BCUT2D eigenvalue weighted by Gasteiger charge is 2.23. The molecule has 1 aliphatic rings. The Morgan fingerprint density at radius 2 is 1.75 bits per heavy atom. The summed E-state index contributed by atoms with van der Waals surface area (Å²) in [5.41, 5.74) is 4.00. The van der Waals surface area contributed by atoms with E-state index < -0.39 is 19.3 Å². The molecule has 0 radical (unpaired) electrons. The van der Waals surface area contributed by atoms with Gasteiger partial charge in [0.15, 0.2) is 7.29 Å². The molecule has 1 saturated carbocycles. The lowest BCUT2D eigenvalue weighted by Crippen LogP contribution is -2.25. The van der Waals surface area contributed by atoms with Crippen LogP contribution in [-0.2, 0) is 22.8 Å². The lowest BCUT2D eigenvalue weighted by molar-refractivity contribution is 0.0980. The number of hydrogen-bond acceptors (Lipinski definition) is 5. The molecule has 5 rings (SSSR count). The third kappa shape index (κ3) is 6.07. The summed E-state index contributed by atoms with van der Waals surface area (Å²) in [5.74, 6) is 0.134. The van der Waals surface area contributed by atoms with Crippen molar-refractivity contribution in [2.24, 2.45) is 7.05 Å². The van der Waals surface area contributed by atoms with E-state index in [9.17, 15) is 14.2 Å². The first-order chi connectivity index (χ1) is 19.2. The highest BCUT2D eigenvalue weighted by atomic mass is 31.2. The van der Waals surface area contributed by atoms with Crippen LogP contribution in [0, 0.1) is 0 Å². The predicted molar refractivity (Wildman–Crippen MR) is 158 cm³/mol. The van der Waals surface area contributed by atoms with E-state index in [1.165, 1.54) is 0 Å². The van der Waals surface area contributed by atoms with Crippen LogP contribution >= 0.6 is 7.29 Å². The van der Waals surface area contributed by atoms with Crippen LogP contribution in [0.15, 0.2) is 72.9 Å². The molecule has 0 bridgehead atoms. The molecule has 4 aromatic rings. The van der Waals surface area contributed by atoms with Crippen LogP contribution in [0.5, 0.6) is 5.75 Å². The van der Waals surface area contributed by atoms with Crippen molar-refractivity contribution in [1.82, 2.24) is 9.65 Å². The zero-order valence-corrected chi connectivity index (χ0v) is 23.9. The van der Waals surface area contributed by atoms with E-state index in [2.05, 4.69) is 16.6 Å². The number of amides is 2. The van der Waals surface area contributed by atoms with E-state index in [1.54, 1.807) is 50.2 Å². The summed E-state index contributed by atoms with van der Waals surface area (Å²) in [7, 11) is 0.458. The number of hydrogen-bond donors (Lipinski definition) is 2. The van der Waals surface area contributed by atoms with Gasteiger partial charge in [0.05, 0.1) is 7.11 Å². The molecule has 9 heteroatoms. The van der Waals surface area contributed by atoms with Gasteiger partial charge >= 0.3 is 6.09 Å². The standard InChI is InChI=1S/C31H34N3O5P/c1-34-20-23(27-19-24(15-16-28(27)34)32-31(36)39-25-9-7-8-10-25)17-21-13-14-22(18-29(21)38-2)30(35)33-40(3,37)26-11-5-4-6-12-26/h4-6,11-16,18-20,25H,7-10,17H2,1-3H3,(H,32,36)(H,33,35,37). The molecule has 2 N–H and O–H groups in total. The summed E-state index contributed by atoms with van der Waals surface area (Å²) in [4.78, 5) is 25.4. The normalized spacial score (nSPS) is 15.0. The maximum atomic E-state index is 13.2. The Labute approximate surface area is 234 Å². The van der Waals surface area contributed by atoms with E-state index in [-0.39, 0.29) is 6.10 Å². The van der Waals surface area contributed by atoms with E-state index >= 15 is 0 Å². The Hall–Kier alpha value is -4.03. The molecular weight excluding hydrogens is 525 g/mol. The fraction of sp³-hybridized carbons (Fsp3) is 0.290. The average molecular weight is 560 g/mol. The third-order valence-electron chi connectivity index (χ3n) is 7.39. The Kier molecular flexibility index (Phi) is 7.99. The molecule has 1 unspecified atom stereocenters. The second-order valence-corrected chi connectivity index (χ2v) is 12.9. The molecule has 1 fully saturated rings. The molecule has 1 aliphatic carbocycles. The summed E-state index contributed by atoms with van der Waals surface area (Å²) in [6, 6.07) is 20.0. The largest absolute Gasteiger partial charge is 0.496 e. The quantitative estimate of drug-likeness (QED) is 0.249. The molecule has 0 aliphatic heterocycles. The van der Waals surface area contributed by atoms with Crippen molar-refractivity contribution in [2.75, 3.05) is 19.1 Å². The van der Waals surface area contributed by atoms with Crippen molar-refractivity contribution >= 4 is 41.2 Å². The van der Waals surface area contributed by atoms with Gasteiger partial charge < -0.3 is 14.0 Å². The summed E-state index contributed by atoms with van der Waals surface area (Å²) < 4.78 is 26.4. The van der Waals surface area contributed by atoms with Gasteiger partial charge in [0.25, 0.3) is 5.91 Å². The zero-order chi connectivity index (χ0) is 28.3. The lowest BCUT2D eigenvalue weighted by atomic mass is 10.0. The Balaban J connectivity index is 1.34. The van der Waals surface area contributed by atoms with Crippen LogP contribution in [0.3, 0.4) is 0 Å². The van der Waals surface area contributed by atoms with Crippen LogP contribution in [-0.4, -0.2) is 36.4 Å². The second kappa shape index (κ2) is 11.6. The zero-order valence-electron chi connectivity index (χ0n) is 23.0. The van der Waals surface area contributed by atoms with Crippen molar-refractivity contribution in [3.63, 3.8) is 0 Å². The first-order valence-corrected chi connectivity index (χ1v) is 15.6. The van der Waals surface area contributed by atoms with Gasteiger partial charge in [0.1, 0.15) is 11.9 Å². The number of aromatic nitrogens is 1. The summed E-state index contributed by atoms with van der Waals surface area (Å²) in [6.07, 6.45) is 6.20. The first-order valence-electron chi connectivity index (χ1n) is 13.4. The second-order valence-electron chi connectivity index (χ2n) is 10.3. The minimum absolute atomic E-state index is 0.00358. The number of methoxy groups -OCH3 is 1. The van der Waals surface area contributed by atoms with Crippen molar-refractivity contribution in [3.05, 3.63) is 89.6 Å². The first kappa shape index (κ1) is 27.5. The highest BCUT2D eigenvalue weighted by molar-refractivity contribution is 7.69. The Bertz CT molecular complexity index is 1590. The number of benzene rings is 3. The SMILES string of the molecule is COc1cc(C(=O)NP(C)(=O)c2ccccc2)ccc1Cc1cn(C)c2ccc(NC(=O)OC3CCCC3)cc12. The van der Waals surface area contributed by atoms with Gasteiger partial charge in [-0.3, -0.25) is 19.8 Å². The van der Waals surface area contributed by atoms with Gasteiger partial charge in [-0.05, 0) is 79.3 Å². The van der Waals surface area contributed by atoms with Crippen molar-refractivity contribution in [1.29, 1.82) is 0 Å². The lowest BCUT2D eigenvalue weighted by Gasteiger charge is -2.16. The smallest absolute Gasteiger partial charge is 0.411 e. The number of carbonyl (C=O) groups excluding carboxylic acids is 2. The molecule has 208 valence electrons. The molecule has 1 aromatic heterocycles. The average Bonchev–Trinajstić information content (AvgIpc) is 3.56. The van der Waals surface area contributed by atoms with Gasteiger partial charge in [-0.25, -0.2) is 4.79 Å². The van der Waals surface area contributed by atoms with Crippen LogP contribution in [0.2, 0.25) is 0 Å². The number of fused-ring (bicyclic) bond motifs is 1. The number of rotatable bonds is 8. The van der Waals surface area contributed by atoms with Gasteiger partial charge in [-0.1, -0.05) is 24.3 Å². The fourth-order valence-electron chi connectivity index (χ4n) is 5.27. The Morgan fingerprint density at radius 1 is 1.00 bits per heavy atom. The molecule has 1 heterocycles. The molecule has 3 aromatic carbocycles. The van der Waals surface area contributed by atoms with Crippen molar-refractivity contribution in [3.8, 4) is 5.75 Å². The van der Waals surface area contributed by atoms with Crippen LogP contribution in [0.25, 0.3) is 10.9 Å². The van der Waals surface area contributed by atoms with E-state index in [4.69, 9.17) is 9.47 Å². The predicted octanol–water partition coefficient (Wildman–Crippen LogP) is 6.23. The number of nitrogens with zero attached hydrogens (tertiary/aromatic N) is 1. The molecule has 0 saturated heterocycles. The Morgan fingerprint density at radius 3 is 2.48 bits per heavy atom. The maximum Gasteiger partial charge on any atom is 0.411 e. The van der Waals surface area contributed by atoms with Crippen molar-refractivity contribution in [2.45, 2.75) is 38.2 Å². The summed E-state index contributed by atoms with van der Waals surface area (Å²) in [5, 5.41) is 7.15. The molecule has 1 atom stereocenters. The van der Waals surface area contributed by atoms with Crippen LogP contribution < -0.4 is 20.4 Å². The number of carbonyl (C=O) groups is 2. The fourth-order valence-corrected chi connectivity index (χ4v) is 6.66. The molecular formula is C31H34N3O5P. The molecule has 8 nitrogen and oxygen atoms in total. The minimum Gasteiger partial charge on any atom is -0.496 e. The molecule has 0 spiro atoms. The molecule has 40 heavy (non-hydrogen) atoms. The van der Waals surface area contributed by atoms with Crippen LogP contribution in [0.4, 0.5) is 10.5 Å². The van der Waals surface area contributed by atoms with E-state index in [1.807, 2.05) is 41.9 Å².